The van der Waals surface area contributed by atoms with Crippen LogP contribution in [0.4, 0.5) is 0 Å². The highest BCUT2D eigenvalue weighted by Gasteiger charge is 2.08. The van der Waals surface area contributed by atoms with Gasteiger partial charge in [-0.05, 0) is 18.3 Å². The lowest BCUT2D eigenvalue weighted by Crippen LogP contribution is -2.11. The Morgan fingerprint density at radius 1 is 1.45 bits per heavy atom. The van der Waals surface area contributed by atoms with E-state index in [0.717, 1.165) is 18.6 Å². The highest BCUT2D eigenvalue weighted by Crippen LogP contribution is 2.13. The summed E-state index contributed by atoms with van der Waals surface area (Å²) < 4.78 is 0. The van der Waals surface area contributed by atoms with Gasteiger partial charge >= 0.3 is 0 Å². The lowest BCUT2D eigenvalue weighted by molar-refractivity contribution is 0.517. The van der Waals surface area contributed by atoms with Crippen molar-refractivity contribution >= 4 is 5.71 Å². The van der Waals surface area contributed by atoms with E-state index in [1.807, 2.05) is 0 Å². The SMILES string of the molecule is C=CCC(=N)[C@@H](C)CC(C)C. The first-order valence-corrected chi connectivity index (χ1v) is 4.26. The fourth-order valence-electron chi connectivity index (χ4n) is 1.21. The Balaban J connectivity index is 3.72. The van der Waals surface area contributed by atoms with Gasteiger partial charge in [0.25, 0.3) is 0 Å². The van der Waals surface area contributed by atoms with Crippen LogP contribution >= 0.6 is 0 Å². The van der Waals surface area contributed by atoms with Crippen molar-refractivity contribution in [1.29, 1.82) is 5.41 Å². The molecule has 0 heterocycles. The van der Waals surface area contributed by atoms with Gasteiger partial charge in [0.2, 0.25) is 0 Å². The normalized spacial score (nSPS) is 13.1. The van der Waals surface area contributed by atoms with E-state index in [2.05, 4.69) is 27.4 Å². The summed E-state index contributed by atoms with van der Waals surface area (Å²) in [7, 11) is 0. The third kappa shape index (κ3) is 4.77. The molecule has 0 aliphatic carbocycles. The van der Waals surface area contributed by atoms with Crippen LogP contribution in [0.1, 0.15) is 33.6 Å². The maximum Gasteiger partial charge on any atom is 0.0155 e. The average molecular weight is 153 g/mol. The van der Waals surface area contributed by atoms with Crippen LogP contribution in [0.5, 0.6) is 0 Å². The van der Waals surface area contributed by atoms with E-state index in [0.29, 0.717) is 11.8 Å². The molecule has 0 saturated heterocycles. The predicted octanol–water partition coefficient (Wildman–Crippen LogP) is 3.26. The Bertz CT molecular complexity index is 136. The van der Waals surface area contributed by atoms with E-state index in [1.54, 1.807) is 6.08 Å². The maximum absolute atomic E-state index is 7.62. The van der Waals surface area contributed by atoms with Gasteiger partial charge in [0.15, 0.2) is 0 Å². The van der Waals surface area contributed by atoms with E-state index in [4.69, 9.17) is 5.41 Å². The van der Waals surface area contributed by atoms with Crippen molar-refractivity contribution in [2.45, 2.75) is 33.6 Å². The average Bonchev–Trinajstić information content (AvgIpc) is 1.86. The van der Waals surface area contributed by atoms with Gasteiger partial charge in [-0.1, -0.05) is 26.8 Å². The Labute approximate surface area is 70.0 Å². The van der Waals surface area contributed by atoms with Crippen molar-refractivity contribution in [1.82, 2.24) is 0 Å². The summed E-state index contributed by atoms with van der Waals surface area (Å²) in [5.41, 5.74) is 0.814. The van der Waals surface area contributed by atoms with Gasteiger partial charge in [-0.2, -0.15) is 0 Å². The quantitative estimate of drug-likeness (QED) is 0.463. The van der Waals surface area contributed by atoms with Gasteiger partial charge in [-0.25, -0.2) is 0 Å². The molecule has 0 aliphatic rings. The predicted molar refractivity (Wildman–Crippen MR) is 51.2 cm³/mol. The third-order valence-electron chi connectivity index (χ3n) is 1.78. The molecule has 0 rings (SSSR count). The van der Waals surface area contributed by atoms with Crippen LogP contribution in [0.2, 0.25) is 0 Å². The zero-order valence-corrected chi connectivity index (χ0v) is 7.85. The minimum atomic E-state index is 0.424. The van der Waals surface area contributed by atoms with Gasteiger partial charge in [0.05, 0.1) is 0 Å². The van der Waals surface area contributed by atoms with E-state index < -0.39 is 0 Å². The molecule has 0 saturated carbocycles. The molecule has 0 radical (unpaired) electrons. The topological polar surface area (TPSA) is 23.9 Å². The molecule has 1 atom stereocenters. The second kappa shape index (κ2) is 5.11. The van der Waals surface area contributed by atoms with Crippen molar-refractivity contribution in [3.8, 4) is 0 Å². The van der Waals surface area contributed by atoms with E-state index in [-0.39, 0.29) is 0 Å². The molecule has 1 nitrogen and oxygen atoms in total. The summed E-state index contributed by atoms with van der Waals surface area (Å²) in [5.74, 6) is 1.11. The monoisotopic (exact) mass is 153 g/mol. The lowest BCUT2D eigenvalue weighted by atomic mass is 9.93. The smallest absolute Gasteiger partial charge is 0.0155 e. The molecule has 0 aromatic heterocycles. The number of rotatable bonds is 5. The minimum Gasteiger partial charge on any atom is -0.309 e. The van der Waals surface area contributed by atoms with Gasteiger partial charge in [0.1, 0.15) is 0 Å². The van der Waals surface area contributed by atoms with E-state index in [1.165, 1.54) is 0 Å². The summed E-state index contributed by atoms with van der Waals surface area (Å²) in [4.78, 5) is 0. The number of nitrogens with one attached hydrogen (secondary N) is 1. The first kappa shape index (κ1) is 10.4. The van der Waals surface area contributed by atoms with Crippen molar-refractivity contribution in [3.63, 3.8) is 0 Å². The van der Waals surface area contributed by atoms with Gasteiger partial charge < -0.3 is 5.41 Å². The first-order chi connectivity index (χ1) is 5.07. The third-order valence-corrected chi connectivity index (χ3v) is 1.78. The highest BCUT2D eigenvalue weighted by atomic mass is 14.4. The van der Waals surface area contributed by atoms with Gasteiger partial charge in [-0.3, -0.25) is 0 Å². The van der Waals surface area contributed by atoms with Crippen molar-refractivity contribution in [2.24, 2.45) is 11.8 Å². The van der Waals surface area contributed by atoms with Crippen molar-refractivity contribution < 1.29 is 0 Å². The number of hydrogen-bond acceptors (Lipinski definition) is 1. The van der Waals surface area contributed by atoms with Gasteiger partial charge in [-0.15, -0.1) is 6.58 Å². The molecule has 64 valence electrons. The lowest BCUT2D eigenvalue weighted by Gasteiger charge is -2.13. The standard InChI is InChI=1S/C10H19N/c1-5-6-10(11)9(4)7-8(2)3/h5,8-9,11H,1,6-7H2,2-4H3/t9-/m0/s1. The highest BCUT2D eigenvalue weighted by molar-refractivity contribution is 5.84. The molecule has 0 aromatic carbocycles. The largest absolute Gasteiger partial charge is 0.309 e. The summed E-state index contributed by atoms with van der Waals surface area (Å²) in [6.45, 7) is 10.1. The van der Waals surface area contributed by atoms with Crippen molar-refractivity contribution in [2.75, 3.05) is 0 Å². The van der Waals surface area contributed by atoms with Crippen LogP contribution in [0.3, 0.4) is 0 Å². The molecule has 0 spiro atoms. The Kier molecular flexibility index (Phi) is 4.84. The molecule has 0 fully saturated rings. The van der Waals surface area contributed by atoms with Crippen molar-refractivity contribution in [3.05, 3.63) is 12.7 Å². The number of hydrogen-bond donors (Lipinski definition) is 1. The molecule has 11 heavy (non-hydrogen) atoms. The molecule has 0 amide bonds. The van der Waals surface area contributed by atoms with Gasteiger partial charge in [0, 0.05) is 12.1 Å². The fraction of sp³-hybridized carbons (Fsp3) is 0.700. The molecular weight excluding hydrogens is 134 g/mol. The second-order valence-corrected chi connectivity index (χ2v) is 3.55. The second-order valence-electron chi connectivity index (χ2n) is 3.55. The van der Waals surface area contributed by atoms with Crippen LogP contribution in [0.15, 0.2) is 12.7 Å². The van der Waals surface area contributed by atoms with Crippen LogP contribution in [-0.2, 0) is 0 Å². The molecule has 0 aliphatic heterocycles. The Hall–Kier alpha value is -0.590. The summed E-state index contributed by atoms with van der Waals surface area (Å²) in [5, 5.41) is 7.62. The molecule has 0 unspecified atom stereocenters. The van der Waals surface area contributed by atoms with Crippen LogP contribution < -0.4 is 0 Å². The summed E-state index contributed by atoms with van der Waals surface area (Å²) in [6.07, 6.45) is 3.67. The Morgan fingerprint density at radius 3 is 2.36 bits per heavy atom. The first-order valence-electron chi connectivity index (χ1n) is 4.26. The fourth-order valence-corrected chi connectivity index (χ4v) is 1.21. The van der Waals surface area contributed by atoms with E-state index >= 15 is 0 Å². The molecule has 1 heteroatoms. The zero-order chi connectivity index (χ0) is 8.85. The van der Waals surface area contributed by atoms with Crippen LogP contribution in [-0.4, -0.2) is 5.71 Å². The van der Waals surface area contributed by atoms with Crippen LogP contribution in [0.25, 0.3) is 0 Å². The molecule has 0 aromatic rings. The minimum absolute atomic E-state index is 0.424. The summed E-state index contributed by atoms with van der Waals surface area (Å²) in [6, 6.07) is 0. The molecule has 1 N–H and O–H groups in total. The molecule has 0 bridgehead atoms. The number of allylic oxidation sites excluding steroid dienone is 1. The Morgan fingerprint density at radius 2 is 2.00 bits per heavy atom. The molecular formula is C10H19N. The zero-order valence-electron chi connectivity index (χ0n) is 7.85. The summed E-state index contributed by atoms with van der Waals surface area (Å²) >= 11 is 0. The maximum atomic E-state index is 7.62. The van der Waals surface area contributed by atoms with Crippen LogP contribution in [0, 0.1) is 17.2 Å². The van der Waals surface area contributed by atoms with E-state index in [9.17, 15) is 0 Å².